The van der Waals surface area contributed by atoms with Gasteiger partial charge in [0.2, 0.25) is 10.0 Å². The smallest absolute Gasteiger partial charge is 0.262 e. The highest BCUT2D eigenvalue weighted by Gasteiger charge is 2.14. The van der Waals surface area contributed by atoms with Gasteiger partial charge in [-0.3, -0.25) is 13.9 Å². The molecule has 0 aliphatic heterocycles. The van der Waals surface area contributed by atoms with Gasteiger partial charge in [0.05, 0.1) is 23.2 Å². The molecule has 9 heteroatoms. The molecule has 0 heterocycles. The third-order valence-corrected chi connectivity index (χ3v) is 5.54. The second-order valence-electron chi connectivity index (χ2n) is 6.72. The number of unbranched alkanes of at least 4 members (excludes halogenated alkanes) is 1. The van der Waals surface area contributed by atoms with Crippen LogP contribution in [-0.2, 0) is 14.8 Å². The van der Waals surface area contributed by atoms with E-state index in [1.807, 2.05) is 6.92 Å². The summed E-state index contributed by atoms with van der Waals surface area (Å²) in [5, 5.41) is 5.52. The van der Waals surface area contributed by atoms with Gasteiger partial charge in [-0.15, -0.1) is 0 Å². The Kier molecular flexibility index (Phi) is 8.23. The maximum absolute atomic E-state index is 12.3. The van der Waals surface area contributed by atoms with E-state index < -0.39 is 15.9 Å². The minimum atomic E-state index is -3.35. The number of amides is 2. The van der Waals surface area contributed by atoms with Crippen molar-refractivity contribution in [2.45, 2.75) is 19.8 Å². The van der Waals surface area contributed by atoms with Crippen molar-refractivity contribution in [2.24, 2.45) is 0 Å². The number of carbonyl (C=O) groups excluding carboxylic acids is 2. The Hall–Kier alpha value is -3.07. The van der Waals surface area contributed by atoms with E-state index in [0.717, 1.165) is 23.4 Å². The van der Waals surface area contributed by atoms with Crippen LogP contribution in [0.1, 0.15) is 30.1 Å². The zero-order chi connectivity index (χ0) is 22.1. The van der Waals surface area contributed by atoms with Crippen LogP contribution in [0.5, 0.6) is 5.75 Å². The number of sulfonamides is 1. The zero-order valence-electron chi connectivity index (χ0n) is 17.3. The summed E-state index contributed by atoms with van der Waals surface area (Å²) in [6.45, 7) is 2.36. The van der Waals surface area contributed by atoms with E-state index >= 15 is 0 Å². The van der Waals surface area contributed by atoms with Gasteiger partial charge >= 0.3 is 0 Å². The molecule has 2 amide bonds. The molecule has 0 bridgehead atoms. The predicted molar refractivity (Wildman–Crippen MR) is 117 cm³/mol. The van der Waals surface area contributed by atoms with Crippen LogP contribution in [0.2, 0.25) is 0 Å². The van der Waals surface area contributed by atoms with Crippen molar-refractivity contribution in [2.75, 3.05) is 36.1 Å². The first-order chi connectivity index (χ1) is 14.2. The van der Waals surface area contributed by atoms with E-state index in [-0.39, 0.29) is 12.5 Å². The van der Waals surface area contributed by atoms with Crippen molar-refractivity contribution in [3.8, 4) is 5.75 Å². The van der Waals surface area contributed by atoms with E-state index in [9.17, 15) is 18.0 Å². The number of benzene rings is 2. The first-order valence-electron chi connectivity index (χ1n) is 9.56. The summed E-state index contributed by atoms with van der Waals surface area (Å²) >= 11 is 0. The van der Waals surface area contributed by atoms with Gasteiger partial charge in [-0.25, -0.2) is 8.42 Å². The molecule has 0 unspecified atom stereocenters. The van der Waals surface area contributed by atoms with Gasteiger partial charge in [-0.1, -0.05) is 25.5 Å². The molecule has 162 valence electrons. The number of hydrogen-bond donors (Lipinski definition) is 2. The lowest BCUT2D eigenvalue weighted by Crippen LogP contribution is -2.27. The maximum Gasteiger partial charge on any atom is 0.262 e. The maximum atomic E-state index is 12.3. The molecule has 0 fully saturated rings. The Morgan fingerprint density at radius 2 is 1.73 bits per heavy atom. The fraction of sp³-hybridized carbons (Fsp3) is 0.333. The van der Waals surface area contributed by atoms with Crippen molar-refractivity contribution in [3.05, 3.63) is 54.1 Å². The average molecular weight is 434 g/mol. The topological polar surface area (TPSA) is 105 Å². The van der Waals surface area contributed by atoms with Crippen LogP contribution in [0.4, 0.5) is 11.4 Å². The molecule has 0 aromatic heterocycles. The lowest BCUT2D eigenvalue weighted by atomic mass is 10.1. The number of nitrogens with one attached hydrogen (secondary N) is 2. The average Bonchev–Trinajstić information content (AvgIpc) is 2.72. The third kappa shape index (κ3) is 6.77. The molecule has 8 nitrogen and oxygen atoms in total. The summed E-state index contributed by atoms with van der Waals surface area (Å²) < 4.78 is 29.7. The monoisotopic (exact) mass is 433 g/mol. The van der Waals surface area contributed by atoms with E-state index in [0.29, 0.717) is 29.2 Å². The molecule has 2 aromatic rings. The normalized spacial score (nSPS) is 10.9. The number of anilines is 2. The number of carbonyl (C=O) groups is 2. The summed E-state index contributed by atoms with van der Waals surface area (Å²) in [6.07, 6.45) is 2.97. The van der Waals surface area contributed by atoms with Crippen LogP contribution in [-0.4, -0.2) is 46.7 Å². The zero-order valence-corrected chi connectivity index (χ0v) is 18.2. The lowest BCUT2D eigenvalue weighted by molar-refractivity contribution is -0.118. The summed E-state index contributed by atoms with van der Waals surface area (Å²) in [5.41, 5.74) is 1.28. The fourth-order valence-electron chi connectivity index (χ4n) is 2.54. The van der Waals surface area contributed by atoms with Gasteiger partial charge in [0.1, 0.15) is 5.75 Å². The molecular weight excluding hydrogens is 406 g/mol. The van der Waals surface area contributed by atoms with E-state index in [4.69, 9.17) is 4.74 Å². The Balaban J connectivity index is 1.95. The summed E-state index contributed by atoms with van der Waals surface area (Å²) in [5.74, 6) is -0.242. The summed E-state index contributed by atoms with van der Waals surface area (Å²) in [6, 6.07) is 13.1. The first kappa shape index (κ1) is 23.2. The van der Waals surface area contributed by atoms with Crippen LogP contribution in [0.3, 0.4) is 0 Å². The lowest BCUT2D eigenvalue weighted by Gasteiger charge is -2.17. The van der Waals surface area contributed by atoms with Crippen molar-refractivity contribution < 1.29 is 22.7 Å². The third-order valence-electron chi connectivity index (χ3n) is 4.33. The number of ether oxygens (including phenoxy) is 1. The molecule has 0 saturated carbocycles. The van der Waals surface area contributed by atoms with Crippen LogP contribution in [0, 0.1) is 0 Å². The molecule has 0 aliphatic rings. The Morgan fingerprint density at radius 3 is 2.37 bits per heavy atom. The van der Waals surface area contributed by atoms with Gasteiger partial charge < -0.3 is 15.4 Å². The Labute approximate surface area is 177 Å². The number of para-hydroxylation sites is 1. The predicted octanol–water partition coefficient (Wildman–Crippen LogP) is 2.63. The van der Waals surface area contributed by atoms with E-state index in [1.165, 1.54) is 7.05 Å². The molecule has 0 atom stereocenters. The molecule has 0 saturated heterocycles. The first-order valence-corrected chi connectivity index (χ1v) is 11.4. The van der Waals surface area contributed by atoms with Gasteiger partial charge in [0, 0.05) is 13.6 Å². The Morgan fingerprint density at radius 1 is 1.07 bits per heavy atom. The highest BCUT2D eigenvalue weighted by atomic mass is 32.2. The van der Waals surface area contributed by atoms with Gasteiger partial charge in [-0.05, 0) is 42.8 Å². The molecule has 2 aromatic carbocycles. The summed E-state index contributed by atoms with van der Waals surface area (Å²) in [7, 11) is -1.90. The molecule has 0 aliphatic carbocycles. The van der Waals surface area contributed by atoms with Crippen LogP contribution < -0.4 is 19.7 Å². The van der Waals surface area contributed by atoms with Gasteiger partial charge in [0.25, 0.3) is 11.8 Å². The number of nitrogens with zero attached hydrogens (tertiary/aromatic N) is 1. The molecule has 0 spiro atoms. The largest absolute Gasteiger partial charge is 0.484 e. The quantitative estimate of drug-likeness (QED) is 0.561. The molecule has 0 radical (unpaired) electrons. The highest BCUT2D eigenvalue weighted by molar-refractivity contribution is 7.92. The van der Waals surface area contributed by atoms with E-state index in [1.54, 1.807) is 48.5 Å². The van der Waals surface area contributed by atoms with Crippen molar-refractivity contribution in [1.29, 1.82) is 0 Å². The van der Waals surface area contributed by atoms with Gasteiger partial charge in [0.15, 0.2) is 6.61 Å². The molecular formula is C21H27N3O5S. The van der Waals surface area contributed by atoms with Crippen LogP contribution in [0.15, 0.2) is 48.5 Å². The van der Waals surface area contributed by atoms with Crippen molar-refractivity contribution in [1.82, 2.24) is 5.32 Å². The minimum absolute atomic E-state index is 0.245. The molecule has 2 rings (SSSR count). The Bertz CT molecular complexity index is 974. The van der Waals surface area contributed by atoms with E-state index in [2.05, 4.69) is 10.6 Å². The van der Waals surface area contributed by atoms with Crippen LogP contribution >= 0.6 is 0 Å². The van der Waals surface area contributed by atoms with Crippen molar-refractivity contribution >= 4 is 33.2 Å². The minimum Gasteiger partial charge on any atom is -0.484 e. The van der Waals surface area contributed by atoms with Crippen molar-refractivity contribution in [3.63, 3.8) is 0 Å². The molecule has 30 heavy (non-hydrogen) atoms. The fourth-order valence-corrected chi connectivity index (χ4v) is 3.05. The standard InChI is InChI=1S/C21H27N3O5S/c1-4-5-14-22-21(26)18-8-6-7-9-19(18)23-20(25)15-29-17-12-10-16(11-13-17)24(2)30(3,27)28/h6-13H,4-5,14-15H2,1-3H3,(H,22,26)(H,23,25). The molecule has 2 N–H and O–H groups in total. The second kappa shape index (κ2) is 10.6. The SMILES string of the molecule is CCCCNC(=O)c1ccccc1NC(=O)COc1ccc(N(C)S(C)(=O)=O)cc1. The highest BCUT2D eigenvalue weighted by Crippen LogP contribution is 2.20. The summed E-state index contributed by atoms with van der Waals surface area (Å²) in [4.78, 5) is 24.6. The number of rotatable bonds is 10. The number of hydrogen-bond acceptors (Lipinski definition) is 5. The second-order valence-corrected chi connectivity index (χ2v) is 8.73. The van der Waals surface area contributed by atoms with Gasteiger partial charge in [-0.2, -0.15) is 0 Å². The van der Waals surface area contributed by atoms with Crippen LogP contribution in [0.25, 0.3) is 0 Å².